The molecule has 0 spiro atoms. The Morgan fingerprint density at radius 1 is 0.627 bits per heavy atom. The Bertz CT molecular complexity index is 1980. The SMILES string of the molecule is COC[C@@]12[C@@H]3[C@@H]([C@@H]4C[C@H]3c3c4c(OC)c4cc5ccccc5cc4c3OC)[C@]1(COC)[C@H]1C[C@@H]2[C@H]2[C@@H]1[C@]1(C(=O)OC)[C@H]3C=C[C@H](C3)[C@]21C(=O)OC. The maximum absolute atomic E-state index is 14.4. The van der Waals surface area contributed by atoms with E-state index in [0.717, 1.165) is 41.5 Å². The summed E-state index contributed by atoms with van der Waals surface area (Å²) in [5.74, 6) is 2.99. The van der Waals surface area contributed by atoms with Gasteiger partial charge in [0, 0.05) is 46.9 Å². The predicted molar refractivity (Wildman–Crippen MR) is 188 cm³/mol. The summed E-state index contributed by atoms with van der Waals surface area (Å²) >= 11 is 0. The molecule has 51 heavy (non-hydrogen) atoms. The molecule has 0 radical (unpaired) electrons. The van der Waals surface area contributed by atoms with Gasteiger partial charge in [-0.25, -0.2) is 0 Å². The number of ether oxygens (including phenoxy) is 6. The second kappa shape index (κ2) is 9.67. The van der Waals surface area contributed by atoms with Crippen LogP contribution in [0.15, 0.2) is 48.6 Å². The van der Waals surface area contributed by atoms with Crippen molar-refractivity contribution in [2.45, 2.75) is 31.1 Å². The first-order chi connectivity index (χ1) is 24.8. The van der Waals surface area contributed by atoms with E-state index in [1.54, 1.807) is 0 Å². The molecule has 0 aromatic heterocycles. The Balaban J connectivity index is 1.16. The highest BCUT2D eigenvalue weighted by Gasteiger charge is 2.99. The molecule has 266 valence electrons. The van der Waals surface area contributed by atoms with Crippen LogP contribution in [0.5, 0.6) is 11.5 Å². The van der Waals surface area contributed by atoms with Crippen LogP contribution in [0.4, 0.5) is 0 Å². The van der Waals surface area contributed by atoms with Gasteiger partial charge in [0.1, 0.15) is 11.5 Å². The molecule has 0 amide bonds. The molecule has 3 aromatic rings. The van der Waals surface area contributed by atoms with Crippen LogP contribution in [0.2, 0.25) is 0 Å². The van der Waals surface area contributed by atoms with Gasteiger partial charge in [-0.15, -0.1) is 0 Å². The van der Waals surface area contributed by atoms with E-state index in [2.05, 4.69) is 48.6 Å². The van der Waals surface area contributed by atoms with Crippen LogP contribution in [0.25, 0.3) is 21.5 Å². The molecule has 11 rings (SSSR count). The quantitative estimate of drug-likeness (QED) is 0.0868. The number of hydrogen-bond acceptors (Lipinski definition) is 8. The normalized spacial score (nSPS) is 44.7. The minimum Gasteiger partial charge on any atom is -0.496 e. The number of methoxy groups -OCH3 is 6. The van der Waals surface area contributed by atoms with Gasteiger partial charge >= 0.3 is 11.9 Å². The second-order valence-corrected chi connectivity index (χ2v) is 17.1. The van der Waals surface area contributed by atoms with Crippen molar-refractivity contribution in [3.63, 3.8) is 0 Å². The smallest absolute Gasteiger partial charge is 0.313 e. The van der Waals surface area contributed by atoms with Crippen molar-refractivity contribution in [2.24, 2.45) is 69.0 Å². The summed E-state index contributed by atoms with van der Waals surface area (Å²) in [7, 11) is 10.3. The van der Waals surface area contributed by atoms with Gasteiger partial charge in [0.15, 0.2) is 0 Å². The molecule has 6 saturated carbocycles. The zero-order valence-electron chi connectivity index (χ0n) is 30.2. The fourth-order valence-corrected chi connectivity index (χ4v) is 16.7. The largest absolute Gasteiger partial charge is 0.496 e. The Kier molecular flexibility index (Phi) is 5.87. The maximum atomic E-state index is 14.4. The van der Waals surface area contributed by atoms with Crippen molar-refractivity contribution in [3.8, 4) is 11.5 Å². The summed E-state index contributed by atoms with van der Waals surface area (Å²) in [5.41, 5.74) is 0.307. The molecule has 8 aliphatic carbocycles. The molecule has 8 aliphatic rings. The summed E-state index contributed by atoms with van der Waals surface area (Å²) in [5, 5.41) is 4.53. The van der Waals surface area contributed by atoms with Crippen LogP contribution in [0.1, 0.15) is 42.2 Å². The lowest BCUT2D eigenvalue weighted by Gasteiger charge is -2.80. The highest BCUT2D eigenvalue weighted by molar-refractivity contribution is 6.06. The third-order valence-corrected chi connectivity index (χ3v) is 17.0. The van der Waals surface area contributed by atoms with E-state index in [4.69, 9.17) is 28.4 Å². The zero-order chi connectivity index (χ0) is 35.0. The third kappa shape index (κ3) is 2.75. The van der Waals surface area contributed by atoms with E-state index < -0.39 is 10.8 Å². The number of allylic oxidation sites excluding steroid dienone is 2. The first-order valence-corrected chi connectivity index (χ1v) is 18.8. The Morgan fingerprint density at radius 2 is 1.08 bits per heavy atom. The Labute approximate surface area is 298 Å². The monoisotopic (exact) mass is 690 g/mol. The predicted octanol–water partition coefficient (Wildman–Crippen LogP) is 6.53. The lowest BCUT2D eigenvalue weighted by Crippen LogP contribution is -2.83. The summed E-state index contributed by atoms with van der Waals surface area (Å²) in [6, 6.07) is 13.0. The number of rotatable bonds is 8. The molecule has 6 bridgehead atoms. The average Bonchev–Trinajstić information content (AvgIpc) is 3.97. The first-order valence-electron chi connectivity index (χ1n) is 18.8. The molecule has 0 saturated heterocycles. The van der Waals surface area contributed by atoms with Crippen LogP contribution < -0.4 is 9.47 Å². The molecule has 6 fully saturated rings. The van der Waals surface area contributed by atoms with Crippen molar-refractivity contribution in [2.75, 3.05) is 55.9 Å². The van der Waals surface area contributed by atoms with E-state index in [-0.39, 0.29) is 70.1 Å². The van der Waals surface area contributed by atoms with Crippen LogP contribution in [0, 0.1) is 69.0 Å². The second-order valence-electron chi connectivity index (χ2n) is 17.1. The van der Waals surface area contributed by atoms with Crippen LogP contribution >= 0.6 is 0 Å². The first kappa shape index (κ1) is 31.0. The van der Waals surface area contributed by atoms with E-state index in [1.807, 2.05) is 28.4 Å². The van der Waals surface area contributed by atoms with Crippen molar-refractivity contribution >= 4 is 33.5 Å². The lowest BCUT2D eigenvalue weighted by molar-refractivity contribution is -0.354. The molecule has 0 unspecified atom stereocenters. The van der Waals surface area contributed by atoms with Crippen LogP contribution in [-0.4, -0.2) is 67.8 Å². The highest BCUT2D eigenvalue weighted by atomic mass is 16.5. The number of esters is 2. The van der Waals surface area contributed by atoms with Gasteiger partial charge in [-0.05, 0) is 101 Å². The maximum Gasteiger partial charge on any atom is 0.313 e. The molecule has 0 heterocycles. The summed E-state index contributed by atoms with van der Waals surface area (Å²) < 4.78 is 37.1. The molecule has 8 heteroatoms. The van der Waals surface area contributed by atoms with Gasteiger partial charge in [-0.3, -0.25) is 9.59 Å². The van der Waals surface area contributed by atoms with E-state index in [0.29, 0.717) is 25.0 Å². The molecular weight excluding hydrogens is 644 g/mol. The fourth-order valence-electron chi connectivity index (χ4n) is 16.7. The molecule has 8 nitrogen and oxygen atoms in total. The minimum atomic E-state index is -0.920. The van der Waals surface area contributed by atoms with Crippen molar-refractivity contribution in [1.29, 1.82) is 0 Å². The topological polar surface area (TPSA) is 89.5 Å². The Morgan fingerprint density at radius 3 is 1.47 bits per heavy atom. The standard InChI is InChI=1S/C43H46O8/c1-46-18-40-28-17-29(35-34(28)42(38(44)50-5)22-11-12-23(15-22)43(35,42)39(45)51-6)41(40,19-47-2)33-27-16-26(32(33)40)30-31(27)37(49-4)25-14-21-10-8-7-9-20(21)13-24(25)36(30)48-3/h7-14,22-23,26-29,32-35H,15-19H2,1-6H3/t22-,23+,26+,27-,28-,29+,32+,33-,34+,35-,40-,41+,42-,43+. The number of carbonyl (C=O) groups excluding carboxylic acids is 2. The van der Waals surface area contributed by atoms with Gasteiger partial charge in [0.25, 0.3) is 0 Å². The summed E-state index contributed by atoms with van der Waals surface area (Å²) in [6.45, 7) is 1.20. The van der Waals surface area contributed by atoms with Crippen LogP contribution in [-0.2, 0) is 28.5 Å². The molecule has 0 aliphatic heterocycles. The minimum absolute atomic E-state index is 0.0214. The number of benzene rings is 3. The van der Waals surface area contributed by atoms with Gasteiger partial charge in [-0.1, -0.05) is 36.4 Å². The zero-order valence-corrected chi connectivity index (χ0v) is 30.2. The van der Waals surface area contributed by atoms with Gasteiger partial charge in [-0.2, -0.15) is 0 Å². The lowest BCUT2D eigenvalue weighted by atomic mass is 9.22. The molecule has 0 N–H and O–H groups in total. The van der Waals surface area contributed by atoms with Crippen LogP contribution in [0.3, 0.4) is 0 Å². The number of hydrogen-bond donors (Lipinski definition) is 0. The number of carbonyl (C=O) groups is 2. The summed E-state index contributed by atoms with van der Waals surface area (Å²) in [6.07, 6.45) is 7.20. The summed E-state index contributed by atoms with van der Waals surface area (Å²) in [4.78, 5) is 28.9. The van der Waals surface area contributed by atoms with E-state index >= 15 is 0 Å². The van der Waals surface area contributed by atoms with E-state index in [1.165, 1.54) is 36.1 Å². The van der Waals surface area contributed by atoms with Crippen molar-refractivity contribution in [3.05, 3.63) is 59.7 Å². The third-order valence-electron chi connectivity index (χ3n) is 17.0. The van der Waals surface area contributed by atoms with Gasteiger partial charge < -0.3 is 28.4 Å². The van der Waals surface area contributed by atoms with Crippen molar-refractivity contribution in [1.82, 2.24) is 0 Å². The van der Waals surface area contributed by atoms with E-state index in [9.17, 15) is 9.59 Å². The molecule has 14 atom stereocenters. The highest BCUT2D eigenvalue weighted by Crippen LogP contribution is 2.98. The fraction of sp³-hybridized carbons (Fsp3) is 0.581. The Hall–Kier alpha value is -3.62. The van der Waals surface area contributed by atoms with Gasteiger partial charge in [0.2, 0.25) is 0 Å². The van der Waals surface area contributed by atoms with Crippen molar-refractivity contribution < 1.29 is 38.0 Å². The average molecular weight is 691 g/mol. The number of fused-ring (bicyclic) bond motifs is 27. The molecular formula is C43H46O8. The molecule has 3 aromatic carbocycles. The van der Waals surface area contributed by atoms with Gasteiger partial charge in [0.05, 0.1) is 52.5 Å².